The van der Waals surface area contributed by atoms with Crippen molar-refractivity contribution in [2.24, 2.45) is 11.5 Å². The van der Waals surface area contributed by atoms with Crippen LogP contribution in [0.2, 0.25) is 0 Å². The molecule has 0 bridgehead atoms. The molecule has 0 saturated heterocycles. The first-order valence-electron chi connectivity index (χ1n) is 2.47. The minimum atomic E-state index is -0.00783. The summed E-state index contributed by atoms with van der Waals surface area (Å²) in [6.07, 6.45) is 0. The maximum absolute atomic E-state index is 5.00. The van der Waals surface area contributed by atoms with Crippen LogP contribution in [0.4, 0.5) is 0 Å². The highest BCUT2D eigenvalue weighted by Crippen LogP contribution is 1.77. The second-order valence-corrected chi connectivity index (χ2v) is 2.14. The predicted molar refractivity (Wildman–Crippen MR) is 45.5 cm³/mol. The van der Waals surface area contributed by atoms with E-state index >= 15 is 0 Å². The lowest BCUT2D eigenvalue weighted by Gasteiger charge is -2.03. The summed E-state index contributed by atoms with van der Waals surface area (Å²) < 4.78 is 9.32. The molecule has 0 atom stereocenters. The molecule has 0 aliphatic carbocycles. The van der Waals surface area contributed by atoms with Gasteiger partial charge in [-0.05, 0) is 24.4 Å². The van der Waals surface area contributed by atoms with Crippen LogP contribution in [0.15, 0.2) is 0 Å². The summed E-state index contributed by atoms with van der Waals surface area (Å²) in [5.74, 6) is 0. The van der Waals surface area contributed by atoms with Gasteiger partial charge in [-0.15, -0.1) is 0 Å². The average molecular weight is 180 g/mol. The van der Waals surface area contributed by atoms with Crippen LogP contribution in [0.25, 0.3) is 0 Å². The number of ether oxygens (including phenoxy) is 2. The van der Waals surface area contributed by atoms with Gasteiger partial charge in [0.15, 0.2) is 0 Å². The maximum atomic E-state index is 5.00. The largest absolute Gasteiger partial charge is 0.468 e. The molecule has 10 heavy (non-hydrogen) atoms. The zero-order valence-corrected chi connectivity index (χ0v) is 6.83. The molecule has 0 unspecified atom stereocenters. The number of hydrogen-bond acceptors (Lipinski definition) is 4. The molecule has 0 amide bonds. The molecule has 0 aromatic rings. The van der Waals surface area contributed by atoms with Crippen LogP contribution < -0.4 is 11.5 Å². The smallest absolute Gasteiger partial charge is 0.254 e. The number of thiocarbonyl (C=S) groups is 2. The molecule has 0 aromatic heterocycles. The van der Waals surface area contributed by atoms with Gasteiger partial charge in [0, 0.05) is 0 Å². The number of hydrogen-bond donors (Lipinski definition) is 2. The van der Waals surface area contributed by atoms with E-state index in [-0.39, 0.29) is 23.6 Å². The van der Waals surface area contributed by atoms with Crippen molar-refractivity contribution in [1.29, 1.82) is 0 Å². The fraction of sp³-hybridized carbons (Fsp3) is 0.500. The molecule has 4 nitrogen and oxygen atoms in total. The molecule has 0 heterocycles. The van der Waals surface area contributed by atoms with Crippen LogP contribution in [0, 0.1) is 0 Å². The van der Waals surface area contributed by atoms with E-state index in [0.717, 1.165) is 0 Å². The van der Waals surface area contributed by atoms with Crippen LogP contribution in [0.3, 0.4) is 0 Å². The first-order chi connectivity index (χ1) is 4.63. The Morgan fingerprint density at radius 3 is 1.50 bits per heavy atom. The Bertz CT molecular complexity index is 123. The van der Waals surface area contributed by atoms with E-state index in [0.29, 0.717) is 0 Å². The van der Waals surface area contributed by atoms with Crippen molar-refractivity contribution < 1.29 is 9.47 Å². The van der Waals surface area contributed by atoms with Crippen molar-refractivity contribution in [3.63, 3.8) is 0 Å². The van der Waals surface area contributed by atoms with E-state index in [2.05, 4.69) is 33.9 Å². The summed E-state index contributed by atoms with van der Waals surface area (Å²) in [5, 5.41) is -0.0157. The molecule has 4 N–H and O–H groups in total. The third kappa shape index (κ3) is 7.38. The van der Waals surface area contributed by atoms with Gasteiger partial charge in [0.05, 0.1) is 0 Å². The molecule has 0 aliphatic rings. The molecule has 58 valence electrons. The Hall–Kier alpha value is -0.620. The Morgan fingerprint density at radius 1 is 1.00 bits per heavy atom. The molecule has 0 saturated carbocycles. The highest BCUT2D eigenvalue weighted by Gasteiger charge is 1.90. The molecular formula is C4H8N2O2S2. The van der Waals surface area contributed by atoms with Gasteiger partial charge >= 0.3 is 0 Å². The van der Waals surface area contributed by atoms with Gasteiger partial charge in [0.25, 0.3) is 10.3 Å². The summed E-state index contributed by atoms with van der Waals surface area (Å²) >= 11 is 8.82. The molecule has 0 aliphatic heterocycles. The third-order valence-corrected chi connectivity index (χ3v) is 0.808. The summed E-state index contributed by atoms with van der Waals surface area (Å²) in [5.41, 5.74) is 10.00. The van der Waals surface area contributed by atoms with E-state index in [1.54, 1.807) is 0 Å². The Labute approximate surface area is 69.5 Å². The lowest BCUT2D eigenvalue weighted by atomic mass is 10.8. The monoisotopic (exact) mass is 180 g/mol. The van der Waals surface area contributed by atoms with Crippen molar-refractivity contribution in [2.45, 2.75) is 0 Å². The van der Waals surface area contributed by atoms with Crippen molar-refractivity contribution in [3.8, 4) is 0 Å². The van der Waals surface area contributed by atoms with E-state index in [1.165, 1.54) is 0 Å². The van der Waals surface area contributed by atoms with Gasteiger partial charge in [0.2, 0.25) is 0 Å². The lowest BCUT2D eigenvalue weighted by Crippen LogP contribution is -2.20. The second-order valence-electron chi connectivity index (χ2n) is 1.33. The summed E-state index contributed by atoms with van der Waals surface area (Å²) in [7, 11) is 0. The number of nitrogens with two attached hydrogens (primary N) is 2. The SMILES string of the molecule is NC(=S)OCCOC(N)=S. The van der Waals surface area contributed by atoms with Crippen LogP contribution in [-0.4, -0.2) is 23.6 Å². The van der Waals surface area contributed by atoms with Crippen LogP contribution in [0.1, 0.15) is 0 Å². The zero-order chi connectivity index (χ0) is 7.98. The fourth-order valence-electron chi connectivity index (χ4n) is 0.285. The molecular weight excluding hydrogens is 172 g/mol. The van der Waals surface area contributed by atoms with Crippen molar-refractivity contribution in [3.05, 3.63) is 0 Å². The summed E-state index contributed by atoms with van der Waals surface area (Å²) in [4.78, 5) is 0. The van der Waals surface area contributed by atoms with Crippen molar-refractivity contribution in [2.75, 3.05) is 13.2 Å². The van der Waals surface area contributed by atoms with Crippen molar-refractivity contribution >= 4 is 34.8 Å². The van der Waals surface area contributed by atoms with Crippen LogP contribution in [0.5, 0.6) is 0 Å². The highest BCUT2D eigenvalue weighted by atomic mass is 32.1. The molecule has 6 heteroatoms. The van der Waals surface area contributed by atoms with E-state index in [9.17, 15) is 0 Å². The maximum Gasteiger partial charge on any atom is 0.254 e. The highest BCUT2D eigenvalue weighted by molar-refractivity contribution is 7.80. The molecule has 0 aromatic carbocycles. The van der Waals surface area contributed by atoms with E-state index < -0.39 is 0 Å². The standard InChI is InChI=1S/C4H8N2O2S2/c5-3(9)7-1-2-8-4(6)10/h1-2H2,(H2,5,9)(H2,6,10). The normalized spacial score (nSPS) is 8.40. The van der Waals surface area contributed by atoms with Gasteiger partial charge in [0.1, 0.15) is 13.2 Å². The van der Waals surface area contributed by atoms with Gasteiger partial charge in [-0.25, -0.2) is 0 Å². The first-order valence-corrected chi connectivity index (χ1v) is 3.29. The van der Waals surface area contributed by atoms with Crippen molar-refractivity contribution in [1.82, 2.24) is 0 Å². The lowest BCUT2D eigenvalue weighted by molar-refractivity contribution is 0.205. The first kappa shape index (κ1) is 9.38. The second kappa shape index (κ2) is 5.19. The molecule has 0 spiro atoms. The Morgan fingerprint density at radius 2 is 1.30 bits per heavy atom. The Kier molecular flexibility index (Phi) is 4.87. The number of rotatable bonds is 3. The third-order valence-electron chi connectivity index (χ3n) is 0.572. The minimum Gasteiger partial charge on any atom is -0.468 e. The fourth-order valence-corrected chi connectivity index (χ4v) is 0.451. The van der Waals surface area contributed by atoms with Crippen LogP contribution in [-0.2, 0) is 9.47 Å². The predicted octanol–water partition coefficient (Wildman–Crippen LogP) is -0.493. The molecule has 0 radical (unpaired) electrons. The topological polar surface area (TPSA) is 70.5 Å². The van der Waals surface area contributed by atoms with Gasteiger partial charge in [-0.1, -0.05) is 0 Å². The van der Waals surface area contributed by atoms with Gasteiger partial charge < -0.3 is 20.9 Å². The minimum absolute atomic E-state index is 0.00783. The Balaban J connectivity index is 3.06. The quantitative estimate of drug-likeness (QED) is 0.451. The van der Waals surface area contributed by atoms with E-state index in [1.807, 2.05) is 0 Å². The molecule has 0 rings (SSSR count). The zero-order valence-electron chi connectivity index (χ0n) is 5.20. The van der Waals surface area contributed by atoms with Gasteiger partial charge in [-0.2, -0.15) is 0 Å². The van der Waals surface area contributed by atoms with E-state index in [4.69, 9.17) is 11.5 Å². The van der Waals surface area contributed by atoms with Crippen LogP contribution >= 0.6 is 24.4 Å². The summed E-state index contributed by atoms with van der Waals surface area (Å²) in [6, 6.07) is 0. The van der Waals surface area contributed by atoms with Gasteiger partial charge in [-0.3, -0.25) is 0 Å². The summed E-state index contributed by atoms with van der Waals surface area (Å²) in [6.45, 7) is 0.541. The molecule has 0 fully saturated rings. The average Bonchev–Trinajstić information content (AvgIpc) is 1.79.